The summed E-state index contributed by atoms with van der Waals surface area (Å²) >= 11 is 3.58. The van der Waals surface area contributed by atoms with E-state index in [1.165, 1.54) is 24.0 Å². The van der Waals surface area contributed by atoms with Gasteiger partial charge in [-0.3, -0.25) is 0 Å². The third-order valence-corrected chi connectivity index (χ3v) is 4.42. The summed E-state index contributed by atoms with van der Waals surface area (Å²) in [5.74, 6) is 1.08. The van der Waals surface area contributed by atoms with Crippen molar-refractivity contribution in [2.45, 2.75) is 44.9 Å². The van der Waals surface area contributed by atoms with E-state index in [0.29, 0.717) is 12.1 Å². The summed E-state index contributed by atoms with van der Waals surface area (Å²) in [5.41, 5.74) is 2.56. The highest BCUT2D eigenvalue weighted by molar-refractivity contribution is 9.10. The van der Waals surface area contributed by atoms with Crippen LogP contribution < -0.4 is 10.1 Å². The molecule has 3 nitrogen and oxygen atoms in total. The molecule has 1 N–H and O–H groups in total. The highest BCUT2D eigenvalue weighted by Crippen LogP contribution is 2.33. The lowest BCUT2D eigenvalue weighted by Gasteiger charge is -2.20. The number of hydrogen-bond donors (Lipinski definition) is 1. The van der Waals surface area contributed by atoms with Gasteiger partial charge in [0.15, 0.2) is 0 Å². The Morgan fingerprint density at radius 1 is 1.42 bits per heavy atom. The van der Waals surface area contributed by atoms with E-state index >= 15 is 0 Å². The Labute approximate surface area is 122 Å². The van der Waals surface area contributed by atoms with E-state index in [0.717, 1.165) is 36.4 Å². The summed E-state index contributed by atoms with van der Waals surface area (Å²) in [7, 11) is 0. The van der Waals surface area contributed by atoms with Crippen molar-refractivity contribution in [2.24, 2.45) is 0 Å². The van der Waals surface area contributed by atoms with Gasteiger partial charge in [0, 0.05) is 35.7 Å². The fourth-order valence-corrected chi connectivity index (χ4v) is 3.43. The van der Waals surface area contributed by atoms with Crippen molar-refractivity contribution >= 4 is 15.9 Å². The molecule has 3 rings (SSSR count). The van der Waals surface area contributed by atoms with Crippen LogP contribution in [0.15, 0.2) is 16.6 Å². The first kappa shape index (κ1) is 13.4. The van der Waals surface area contributed by atoms with Crippen LogP contribution in [0.25, 0.3) is 0 Å². The first-order valence-corrected chi connectivity index (χ1v) is 7.82. The van der Waals surface area contributed by atoms with E-state index in [4.69, 9.17) is 9.47 Å². The van der Waals surface area contributed by atoms with Crippen LogP contribution >= 0.6 is 15.9 Å². The topological polar surface area (TPSA) is 30.5 Å². The summed E-state index contributed by atoms with van der Waals surface area (Å²) in [5, 5.41) is 3.57. The van der Waals surface area contributed by atoms with Crippen LogP contribution in [0.3, 0.4) is 0 Å². The maximum Gasteiger partial charge on any atom is 0.127 e. The minimum atomic E-state index is 0.362. The zero-order chi connectivity index (χ0) is 13.2. The second-order valence-electron chi connectivity index (χ2n) is 5.37. The van der Waals surface area contributed by atoms with Gasteiger partial charge in [0.25, 0.3) is 0 Å². The van der Waals surface area contributed by atoms with E-state index < -0.39 is 0 Å². The molecule has 0 radical (unpaired) electrons. The van der Waals surface area contributed by atoms with Gasteiger partial charge in [-0.15, -0.1) is 0 Å². The maximum atomic E-state index is 5.75. The average molecular weight is 326 g/mol. The largest absolute Gasteiger partial charge is 0.493 e. The second-order valence-corrected chi connectivity index (χ2v) is 6.29. The lowest BCUT2D eigenvalue weighted by Crippen LogP contribution is -2.36. The minimum Gasteiger partial charge on any atom is -0.493 e. The van der Waals surface area contributed by atoms with Gasteiger partial charge in [-0.05, 0) is 37.5 Å². The first-order chi connectivity index (χ1) is 9.24. The number of nitrogens with one attached hydrogen (secondary N) is 1. The Bertz CT molecular complexity index is 458. The molecular weight excluding hydrogens is 306 g/mol. The van der Waals surface area contributed by atoms with Crippen LogP contribution in [0.5, 0.6) is 5.75 Å². The number of fused-ring (bicyclic) bond motifs is 1. The monoisotopic (exact) mass is 325 g/mol. The molecule has 0 bridgehead atoms. The van der Waals surface area contributed by atoms with Gasteiger partial charge in [0.2, 0.25) is 0 Å². The van der Waals surface area contributed by atoms with Crippen molar-refractivity contribution in [3.8, 4) is 5.75 Å². The van der Waals surface area contributed by atoms with Crippen molar-refractivity contribution in [2.75, 3.05) is 13.2 Å². The van der Waals surface area contributed by atoms with E-state index in [1.807, 2.05) is 0 Å². The minimum absolute atomic E-state index is 0.362. The Hall–Kier alpha value is -0.580. The van der Waals surface area contributed by atoms with Crippen LogP contribution in [-0.2, 0) is 17.7 Å². The van der Waals surface area contributed by atoms with Crippen molar-refractivity contribution < 1.29 is 9.47 Å². The Kier molecular flexibility index (Phi) is 4.10. The molecule has 1 aromatic rings. The fourth-order valence-electron chi connectivity index (χ4n) is 2.88. The summed E-state index contributed by atoms with van der Waals surface area (Å²) in [6.07, 6.45) is 3.73. The molecule has 2 unspecified atom stereocenters. The van der Waals surface area contributed by atoms with Crippen molar-refractivity contribution in [3.63, 3.8) is 0 Å². The van der Waals surface area contributed by atoms with Crippen molar-refractivity contribution in [3.05, 3.63) is 27.7 Å². The van der Waals surface area contributed by atoms with Crippen LogP contribution in [-0.4, -0.2) is 25.4 Å². The molecule has 2 atom stereocenters. The number of hydrogen-bond acceptors (Lipinski definition) is 3. The van der Waals surface area contributed by atoms with Crippen molar-refractivity contribution in [1.29, 1.82) is 0 Å². The lowest BCUT2D eigenvalue weighted by molar-refractivity contribution is 0.0831. The summed E-state index contributed by atoms with van der Waals surface area (Å²) in [6, 6.07) is 4.70. The fraction of sp³-hybridized carbons (Fsp3) is 0.600. The Balaban J connectivity index is 1.66. The third-order valence-electron chi connectivity index (χ3n) is 3.96. The summed E-state index contributed by atoms with van der Waals surface area (Å²) in [4.78, 5) is 0. The normalized spacial score (nSPS) is 23.2. The average Bonchev–Trinajstić information content (AvgIpc) is 3.05. The third kappa shape index (κ3) is 2.96. The van der Waals surface area contributed by atoms with Crippen LogP contribution in [0, 0.1) is 0 Å². The standard InChI is InChI=1S/C15H20BrNO2/c1-10(14-3-2-5-18-14)17-9-12-8-13(16)7-11-4-6-19-15(11)12/h7-8,10,14,17H,2-6,9H2,1H3. The molecule has 0 amide bonds. The Morgan fingerprint density at radius 3 is 3.11 bits per heavy atom. The molecule has 1 saturated heterocycles. The second kappa shape index (κ2) is 5.81. The van der Waals surface area contributed by atoms with Gasteiger partial charge in [-0.1, -0.05) is 15.9 Å². The molecule has 0 aromatic heterocycles. The van der Waals surface area contributed by atoms with Gasteiger partial charge in [0.1, 0.15) is 5.75 Å². The number of rotatable bonds is 4. The van der Waals surface area contributed by atoms with Crippen molar-refractivity contribution in [1.82, 2.24) is 5.32 Å². The van der Waals surface area contributed by atoms with Gasteiger partial charge in [-0.2, -0.15) is 0 Å². The summed E-state index contributed by atoms with van der Waals surface area (Å²) < 4.78 is 12.6. The van der Waals surface area contributed by atoms with Gasteiger partial charge in [0.05, 0.1) is 12.7 Å². The van der Waals surface area contributed by atoms with Crippen LogP contribution in [0.4, 0.5) is 0 Å². The molecule has 2 aliphatic heterocycles. The predicted molar refractivity (Wildman–Crippen MR) is 78.6 cm³/mol. The van der Waals surface area contributed by atoms with Crippen LogP contribution in [0.1, 0.15) is 30.9 Å². The summed E-state index contributed by atoms with van der Waals surface area (Å²) in [6.45, 7) is 4.75. The molecule has 2 heterocycles. The number of benzene rings is 1. The number of halogens is 1. The smallest absolute Gasteiger partial charge is 0.127 e. The lowest BCUT2D eigenvalue weighted by atomic mass is 10.1. The van der Waals surface area contributed by atoms with Gasteiger partial charge in [-0.25, -0.2) is 0 Å². The van der Waals surface area contributed by atoms with E-state index in [1.54, 1.807) is 0 Å². The van der Waals surface area contributed by atoms with E-state index in [-0.39, 0.29) is 0 Å². The van der Waals surface area contributed by atoms with Gasteiger partial charge >= 0.3 is 0 Å². The first-order valence-electron chi connectivity index (χ1n) is 7.03. The molecular formula is C15H20BrNO2. The molecule has 1 aromatic carbocycles. The van der Waals surface area contributed by atoms with E-state index in [9.17, 15) is 0 Å². The van der Waals surface area contributed by atoms with Crippen LogP contribution in [0.2, 0.25) is 0 Å². The highest BCUT2D eigenvalue weighted by Gasteiger charge is 2.23. The molecule has 4 heteroatoms. The molecule has 0 spiro atoms. The maximum absolute atomic E-state index is 5.75. The molecule has 104 valence electrons. The quantitative estimate of drug-likeness (QED) is 0.923. The molecule has 1 fully saturated rings. The zero-order valence-electron chi connectivity index (χ0n) is 11.2. The zero-order valence-corrected chi connectivity index (χ0v) is 12.8. The molecule has 2 aliphatic rings. The Morgan fingerprint density at radius 2 is 2.32 bits per heavy atom. The highest BCUT2D eigenvalue weighted by atomic mass is 79.9. The van der Waals surface area contributed by atoms with E-state index in [2.05, 4.69) is 40.3 Å². The van der Waals surface area contributed by atoms with Gasteiger partial charge < -0.3 is 14.8 Å². The number of ether oxygens (including phenoxy) is 2. The molecule has 19 heavy (non-hydrogen) atoms. The molecule has 0 saturated carbocycles. The molecule has 0 aliphatic carbocycles. The predicted octanol–water partition coefficient (Wildman–Crippen LogP) is 3.04. The SMILES string of the molecule is CC(NCc1cc(Br)cc2c1OCC2)C1CCCO1.